The number of carbonyl (C=O) groups excluding carboxylic acids is 1. The first-order valence-electron chi connectivity index (χ1n) is 7.88. The number of amides is 1. The van der Waals surface area contributed by atoms with Crippen molar-refractivity contribution in [2.24, 2.45) is 0 Å². The highest BCUT2D eigenvalue weighted by atomic mass is 16.3. The highest BCUT2D eigenvalue weighted by molar-refractivity contribution is 5.93. The van der Waals surface area contributed by atoms with E-state index in [4.69, 9.17) is 5.11 Å². The molecule has 1 aliphatic carbocycles. The first-order chi connectivity index (χ1) is 10.3. The highest BCUT2D eigenvalue weighted by Crippen LogP contribution is 2.26. The van der Waals surface area contributed by atoms with Crippen LogP contribution in [0.5, 0.6) is 0 Å². The molecular formula is C16H25N3O2. The highest BCUT2D eigenvalue weighted by Gasteiger charge is 2.29. The fourth-order valence-corrected chi connectivity index (χ4v) is 2.46. The van der Waals surface area contributed by atoms with E-state index in [0.29, 0.717) is 24.7 Å². The van der Waals surface area contributed by atoms with Gasteiger partial charge in [-0.15, -0.1) is 0 Å². The van der Waals surface area contributed by atoms with Crippen LogP contribution in [-0.2, 0) is 0 Å². The predicted molar refractivity (Wildman–Crippen MR) is 83.4 cm³/mol. The summed E-state index contributed by atoms with van der Waals surface area (Å²) in [5.74, 6) is -0.0201. The van der Waals surface area contributed by atoms with Gasteiger partial charge >= 0.3 is 0 Å². The normalized spacial score (nSPS) is 14.6. The number of hydrogen-bond donors (Lipinski definition) is 2. The fourth-order valence-electron chi connectivity index (χ4n) is 2.46. The zero-order valence-corrected chi connectivity index (χ0v) is 12.7. The van der Waals surface area contributed by atoms with Crippen LogP contribution in [0.25, 0.3) is 0 Å². The van der Waals surface area contributed by atoms with E-state index in [1.54, 1.807) is 6.20 Å². The second kappa shape index (κ2) is 7.98. The number of hydrogen-bond acceptors (Lipinski definition) is 4. The summed E-state index contributed by atoms with van der Waals surface area (Å²) in [5.41, 5.74) is 1.42. The Morgan fingerprint density at radius 2 is 2.33 bits per heavy atom. The summed E-state index contributed by atoms with van der Waals surface area (Å²) in [6.45, 7) is 3.71. The molecule has 1 heterocycles. The van der Waals surface area contributed by atoms with E-state index in [0.717, 1.165) is 31.5 Å². The molecule has 1 amide bonds. The molecule has 0 aromatic carbocycles. The summed E-state index contributed by atoms with van der Waals surface area (Å²) in [5, 5.41) is 12.3. The third-order valence-electron chi connectivity index (χ3n) is 3.89. The van der Waals surface area contributed by atoms with E-state index < -0.39 is 0 Å². The van der Waals surface area contributed by atoms with Gasteiger partial charge in [0, 0.05) is 37.6 Å². The van der Waals surface area contributed by atoms with Crippen LogP contribution in [-0.4, -0.2) is 46.6 Å². The van der Waals surface area contributed by atoms with Gasteiger partial charge in [0.15, 0.2) is 0 Å². The Labute approximate surface area is 126 Å². The number of aliphatic hydroxyl groups excluding tert-OH is 1. The molecule has 1 saturated carbocycles. The number of nitrogens with zero attached hydrogens (tertiary/aromatic N) is 2. The Kier molecular flexibility index (Phi) is 5.99. The molecule has 5 heteroatoms. The molecular weight excluding hydrogens is 266 g/mol. The molecule has 0 saturated heterocycles. The van der Waals surface area contributed by atoms with Gasteiger partial charge in [0.05, 0.1) is 0 Å². The summed E-state index contributed by atoms with van der Waals surface area (Å²) in [7, 11) is 0. The number of nitrogens with one attached hydrogen (secondary N) is 1. The third kappa shape index (κ3) is 4.17. The Hall–Kier alpha value is -1.62. The van der Waals surface area contributed by atoms with Crippen molar-refractivity contribution in [1.29, 1.82) is 0 Å². The predicted octanol–water partition coefficient (Wildman–Crippen LogP) is 2.28. The summed E-state index contributed by atoms with van der Waals surface area (Å²) < 4.78 is 0. The minimum Gasteiger partial charge on any atom is -0.396 e. The van der Waals surface area contributed by atoms with Crippen LogP contribution in [0, 0.1) is 0 Å². The van der Waals surface area contributed by atoms with E-state index in [1.807, 2.05) is 17.0 Å². The zero-order valence-electron chi connectivity index (χ0n) is 12.7. The standard InChI is InChI=1S/C16H25N3O2/c1-2-8-17-13-7-9-18-15(12-13)16(21)19(10-4-11-20)14-5-3-6-14/h7,9,12,14,20H,2-6,8,10-11H2,1H3,(H,17,18). The first-order valence-corrected chi connectivity index (χ1v) is 7.88. The molecule has 2 rings (SSSR count). The van der Waals surface area contributed by atoms with Crippen molar-refractivity contribution in [3.05, 3.63) is 24.0 Å². The number of rotatable bonds is 8. The molecule has 5 nitrogen and oxygen atoms in total. The smallest absolute Gasteiger partial charge is 0.272 e. The largest absolute Gasteiger partial charge is 0.396 e. The quantitative estimate of drug-likeness (QED) is 0.771. The molecule has 1 aliphatic rings. The van der Waals surface area contributed by atoms with Gasteiger partial charge in [0.25, 0.3) is 5.91 Å². The van der Waals surface area contributed by atoms with Crippen molar-refractivity contribution < 1.29 is 9.90 Å². The number of aromatic nitrogens is 1. The van der Waals surface area contributed by atoms with Crippen LogP contribution in [0.3, 0.4) is 0 Å². The first kappa shape index (κ1) is 15.8. The molecule has 2 N–H and O–H groups in total. The van der Waals surface area contributed by atoms with E-state index in [-0.39, 0.29) is 12.5 Å². The van der Waals surface area contributed by atoms with Crippen LogP contribution in [0.2, 0.25) is 0 Å². The maximum Gasteiger partial charge on any atom is 0.272 e. The molecule has 1 aromatic rings. The van der Waals surface area contributed by atoms with Gasteiger partial charge in [-0.2, -0.15) is 0 Å². The van der Waals surface area contributed by atoms with Gasteiger partial charge in [-0.3, -0.25) is 9.78 Å². The minimum atomic E-state index is -0.0201. The average molecular weight is 291 g/mol. The van der Waals surface area contributed by atoms with Crippen LogP contribution < -0.4 is 5.32 Å². The molecule has 0 atom stereocenters. The number of carbonyl (C=O) groups is 1. The van der Waals surface area contributed by atoms with E-state index in [2.05, 4.69) is 17.2 Å². The SMILES string of the molecule is CCCNc1ccnc(C(=O)N(CCCO)C2CCC2)c1. The third-order valence-corrected chi connectivity index (χ3v) is 3.89. The van der Waals surface area contributed by atoms with Crippen molar-refractivity contribution in [1.82, 2.24) is 9.88 Å². The van der Waals surface area contributed by atoms with Crippen molar-refractivity contribution >= 4 is 11.6 Å². The Morgan fingerprint density at radius 1 is 1.52 bits per heavy atom. The summed E-state index contributed by atoms with van der Waals surface area (Å²) in [4.78, 5) is 18.8. The van der Waals surface area contributed by atoms with Crippen LogP contribution in [0.1, 0.15) is 49.5 Å². The van der Waals surface area contributed by atoms with E-state index >= 15 is 0 Å². The summed E-state index contributed by atoms with van der Waals surface area (Å²) in [6, 6.07) is 4.02. The van der Waals surface area contributed by atoms with Gasteiger partial charge in [-0.05, 0) is 44.2 Å². The van der Waals surface area contributed by atoms with Gasteiger partial charge in [-0.25, -0.2) is 0 Å². The lowest BCUT2D eigenvalue weighted by Gasteiger charge is -2.37. The fraction of sp³-hybridized carbons (Fsp3) is 0.625. The zero-order chi connectivity index (χ0) is 15.1. The van der Waals surface area contributed by atoms with Crippen molar-refractivity contribution in [3.63, 3.8) is 0 Å². The topological polar surface area (TPSA) is 65.5 Å². The van der Waals surface area contributed by atoms with Gasteiger partial charge in [0.2, 0.25) is 0 Å². The maximum absolute atomic E-state index is 12.7. The number of anilines is 1. The number of aliphatic hydroxyl groups is 1. The molecule has 0 unspecified atom stereocenters. The molecule has 21 heavy (non-hydrogen) atoms. The van der Waals surface area contributed by atoms with E-state index in [1.165, 1.54) is 6.42 Å². The lowest BCUT2D eigenvalue weighted by molar-refractivity contribution is 0.0556. The van der Waals surface area contributed by atoms with Crippen molar-refractivity contribution in [2.75, 3.05) is 25.0 Å². The van der Waals surface area contributed by atoms with Gasteiger partial charge in [-0.1, -0.05) is 6.92 Å². The van der Waals surface area contributed by atoms with Gasteiger partial charge in [0.1, 0.15) is 5.69 Å². The Balaban J connectivity index is 2.07. The van der Waals surface area contributed by atoms with Gasteiger partial charge < -0.3 is 15.3 Å². The lowest BCUT2D eigenvalue weighted by atomic mass is 9.91. The van der Waals surface area contributed by atoms with Crippen LogP contribution in [0.4, 0.5) is 5.69 Å². The minimum absolute atomic E-state index is 0.0201. The maximum atomic E-state index is 12.7. The lowest BCUT2D eigenvalue weighted by Crippen LogP contribution is -2.45. The molecule has 0 spiro atoms. The van der Waals surface area contributed by atoms with E-state index in [9.17, 15) is 4.79 Å². The average Bonchev–Trinajstić information content (AvgIpc) is 2.47. The Morgan fingerprint density at radius 3 is 2.95 bits per heavy atom. The molecule has 1 aromatic heterocycles. The summed E-state index contributed by atoms with van der Waals surface area (Å²) in [6.07, 6.45) is 6.64. The molecule has 0 aliphatic heterocycles. The second-order valence-corrected chi connectivity index (χ2v) is 5.52. The second-order valence-electron chi connectivity index (χ2n) is 5.52. The van der Waals surface area contributed by atoms with Crippen LogP contribution in [0.15, 0.2) is 18.3 Å². The Bertz CT molecular complexity index is 461. The van der Waals surface area contributed by atoms with Crippen molar-refractivity contribution in [3.8, 4) is 0 Å². The molecule has 0 bridgehead atoms. The van der Waals surface area contributed by atoms with Crippen molar-refractivity contribution in [2.45, 2.75) is 45.1 Å². The van der Waals surface area contributed by atoms with Crippen LogP contribution >= 0.6 is 0 Å². The molecule has 0 radical (unpaired) electrons. The molecule has 116 valence electrons. The number of pyridine rings is 1. The monoisotopic (exact) mass is 291 g/mol. The summed E-state index contributed by atoms with van der Waals surface area (Å²) >= 11 is 0. The molecule has 1 fully saturated rings.